The Bertz CT molecular complexity index is 87.1. The first kappa shape index (κ1) is 6.99. The molecule has 1 heterocycles. The Labute approximate surface area is 55.5 Å². The zero-order valence-electron chi connectivity index (χ0n) is 5.58. The minimum atomic E-state index is 0.101. The maximum absolute atomic E-state index is 8.71. The average Bonchev–Trinajstić information content (AvgIpc) is 1.89. The Kier molecular flexibility index (Phi) is 2.45. The number of piperidine rings is 1. The minimum absolute atomic E-state index is 0.101. The lowest BCUT2D eigenvalue weighted by molar-refractivity contribution is 0.0469. The van der Waals surface area contributed by atoms with Crippen LogP contribution in [0.1, 0.15) is 19.3 Å². The summed E-state index contributed by atoms with van der Waals surface area (Å²) in [5.41, 5.74) is 5.66. The van der Waals surface area contributed by atoms with E-state index in [0.717, 1.165) is 13.0 Å². The molecule has 1 aliphatic heterocycles. The highest BCUT2D eigenvalue weighted by molar-refractivity contribution is 4.68. The van der Waals surface area contributed by atoms with Crippen LogP contribution in [0.5, 0.6) is 0 Å². The van der Waals surface area contributed by atoms with Gasteiger partial charge in [-0.05, 0) is 19.3 Å². The zero-order valence-corrected chi connectivity index (χ0v) is 5.58. The highest BCUT2D eigenvalue weighted by Gasteiger charge is 2.16. The topological polar surface area (TPSA) is 49.5 Å². The fourth-order valence-electron chi connectivity index (χ4n) is 1.19. The molecule has 9 heavy (non-hydrogen) atoms. The quantitative estimate of drug-likeness (QED) is 0.512. The van der Waals surface area contributed by atoms with Crippen molar-refractivity contribution in [3.05, 3.63) is 0 Å². The van der Waals surface area contributed by atoms with Gasteiger partial charge in [0.05, 0.1) is 12.9 Å². The fraction of sp³-hybridized carbons (Fsp3) is 1.00. The molecule has 0 saturated carbocycles. The molecule has 1 aliphatic rings. The molecular formula is C6H14N2O. The molecule has 3 N–H and O–H groups in total. The van der Waals surface area contributed by atoms with E-state index in [1.165, 1.54) is 12.8 Å². The van der Waals surface area contributed by atoms with Crippen LogP contribution in [0, 0.1) is 0 Å². The summed E-state index contributed by atoms with van der Waals surface area (Å²) in [4.78, 5) is 1.89. The van der Waals surface area contributed by atoms with Gasteiger partial charge in [0.25, 0.3) is 0 Å². The van der Waals surface area contributed by atoms with Crippen LogP contribution in [0.15, 0.2) is 0 Å². The van der Waals surface area contributed by atoms with Gasteiger partial charge in [-0.1, -0.05) is 0 Å². The molecule has 3 heteroatoms. The van der Waals surface area contributed by atoms with Crippen molar-refractivity contribution in [2.75, 3.05) is 13.3 Å². The molecule has 0 aromatic heterocycles. The minimum Gasteiger partial charge on any atom is -0.381 e. The van der Waals surface area contributed by atoms with Crippen LogP contribution in [0.4, 0.5) is 0 Å². The third kappa shape index (κ3) is 1.64. The lowest BCUT2D eigenvalue weighted by atomic mass is 10.1. The van der Waals surface area contributed by atoms with Crippen LogP contribution in [-0.2, 0) is 0 Å². The van der Waals surface area contributed by atoms with Gasteiger partial charge in [0.1, 0.15) is 0 Å². The summed E-state index contributed by atoms with van der Waals surface area (Å²) >= 11 is 0. The van der Waals surface area contributed by atoms with Gasteiger partial charge in [-0.25, -0.2) is 0 Å². The Morgan fingerprint density at radius 2 is 2.33 bits per heavy atom. The zero-order chi connectivity index (χ0) is 6.69. The van der Waals surface area contributed by atoms with Gasteiger partial charge in [-0.3, -0.25) is 4.90 Å². The summed E-state index contributed by atoms with van der Waals surface area (Å²) < 4.78 is 0. The van der Waals surface area contributed by atoms with Crippen molar-refractivity contribution in [3.8, 4) is 0 Å². The van der Waals surface area contributed by atoms with Crippen molar-refractivity contribution in [2.45, 2.75) is 25.4 Å². The van der Waals surface area contributed by atoms with E-state index in [-0.39, 0.29) is 12.9 Å². The van der Waals surface area contributed by atoms with E-state index in [2.05, 4.69) is 0 Å². The molecule has 3 nitrogen and oxygen atoms in total. The molecule has 0 bridgehead atoms. The van der Waals surface area contributed by atoms with E-state index in [1.807, 2.05) is 4.90 Å². The summed E-state index contributed by atoms with van der Waals surface area (Å²) in [6, 6.07) is 0. The Hall–Kier alpha value is -0.120. The SMILES string of the molecule is NC1CCCCN1CO. The number of likely N-dealkylation sites (tertiary alicyclic amines) is 1. The monoisotopic (exact) mass is 130 g/mol. The summed E-state index contributed by atoms with van der Waals surface area (Å²) in [5, 5.41) is 8.71. The third-order valence-corrected chi connectivity index (χ3v) is 1.85. The first-order valence-electron chi connectivity index (χ1n) is 3.45. The van der Waals surface area contributed by atoms with Gasteiger partial charge in [0, 0.05) is 6.54 Å². The molecule has 1 rings (SSSR count). The van der Waals surface area contributed by atoms with Crippen LogP contribution in [0.3, 0.4) is 0 Å². The van der Waals surface area contributed by atoms with Crippen LogP contribution in [0.2, 0.25) is 0 Å². The second kappa shape index (κ2) is 3.15. The maximum Gasteiger partial charge on any atom is 0.0968 e. The van der Waals surface area contributed by atoms with E-state index in [1.54, 1.807) is 0 Å². The Balaban J connectivity index is 2.30. The smallest absolute Gasteiger partial charge is 0.0968 e. The predicted octanol–water partition coefficient (Wildman–Crippen LogP) is -0.293. The Morgan fingerprint density at radius 3 is 2.78 bits per heavy atom. The molecule has 0 radical (unpaired) electrons. The van der Waals surface area contributed by atoms with Crippen molar-refractivity contribution in [2.24, 2.45) is 5.73 Å². The van der Waals surface area contributed by atoms with Gasteiger partial charge in [-0.2, -0.15) is 0 Å². The first-order chi connectivity index (χ1) is 4.34. The van der Waals surface area contributed by atoms with E-state index >= 15 is 0 Å². The number of rotatable bonds is 1. The Morgan fingerprint density at radius 1 is 1.56 bits per heavy atom. The van der Waals surface area contributed by atoms with Crippen molar-refractivity contribution in [3.63, 3.8) is 0 Å². The van der Waals surface area contributed by atoms with E-state index in [0.29, 0.717) is 0 Å². The second-order valence-electron chi connectivity index (χ2n) is 2.52. The molecule has 0 aliphatic carbocycles. The summed E-state index contributed by atoms with van der Waals surface area (Å²) in [5.74, 6) is 0. The molecule has 0 aromatic carbocycles. The van der Waals surface area contributed by atoms with Gasteiger partial charge >= 0.3 is 0 Å². The molecule has 1 unspecified atom stereocenters. The molecule has 1 fully saturated rings. The number of aliphatic hydroxyl groups is 1. The fourth-order valence-corrected chi connectivity index (χ4v) is 1.19. The van der Waals surface area contributed by atoms with E-state index in [4.69, 9.17) is 10.8 Å². The summed E-state index contributed by atoms with van der Waals surface area (Å²) in [7, 11) is 0. The maximum atomic E-state index is 8.71. The standard InChI is InChI=1S/C6H14N2O/c7-6-3-1-2-4-8(6)5-9/h6,9H,1-5,7H2. The lowest BCUT2D eigenvalue weighted by Crippen LogP contribution is -2.45. The molecule has 0 aromatic rings. The molecule has 1 saturated heterocycles. The third-order valence-electron chi connectivity index (χ3n) is 1.85. The summed E-state index contributed by atoms with van der Waals surface area (Å²) in [6.45, 7) is 1.07. The molecular weight excluding hydrogens is 116 g/mol. The number of aliphatic hydroxyl groups excluding tert-OH is 1. The number of hydrogen-bond donors (Lipinski definition) is 2. The van der Waals surface area contributed by atoms with Gasteiger partial charge < -0.3 is 10.8 Å². The highest BCUT2D eigenvalue weighted by Crippen LogP contribution is 2.11. The van der Waals surface area contributed by atoms with Gasteiger partial charge in [0.15, 0.2) is 0 Å². The molecule has 54 valence electrons. The number of hydrogen-bond acceptors (Lipinski definition) is 3. The number of nitrogens with two attached hydrogens (primary N) is 1. The largest absolute Gasteiger partial charge is 0.381 e. The average molecular weight is 130 g/mol. The van der Waals surface area contributed by atoms with Gasteiger partial charge in [-0.15, -0.1) is 0 Å². The van der Waals surface area contributed by atoms with Crippen LogP contribution >= 0.6 is 0 Å². The van der Waals surface area contributed by atoms with Crippen molar-refractivity contribution >= 4 is 0 Å². The van der Waals surface area contributed by atoms with E-state index in [9.17, 15) is 0 Å². The number of nitrogens with zero attached hydrogens (tertiary/aromatic N) is 1. The van der Waals surface area contributed by atoms with Crippen molar-refractivity contribution < 1.29 is 5.11 Å². The molecule has 0 amide bonds. The normalized spacial score (nSPS) is 30.7. The van der Waals surface area contributed by atoms with Crippen LogP contribution < -0.4 is 5.73 Å². The molecule has 1 atom stereocenters. The van der Waals surface area contributed by atoms with E-state index < -0.39 is 0 Å². The lowest BCUT2D eigenvalue weighted by Gasteiger charge is -2.30. The first-order valence-corrected chi connectivity index (χ1v) is 3.45. The second-order valence-corrected chi connectivity index (χ2v) is 2.52. The molecule has 0 spiro atoms. The highest BCUT2D eigenvalue weighted by atomic mass is 16.3. The van der Waals surface area contributed by atoms with Crippen molar-refractivity contribution in [1.29, 1.82) is 0 Å². The van der Waals surface area contributed by atoms with Crippen LogP contribution in [0.25, 0.3) is 0 Å². The van der Waals surface area contributed by atoms with Crippen molar-refractivity contribution in [1.82, 2.24) is 4.90 Å². The van der Waals surface area contributed by atoms with Crippen LogP contribution in [-0.4, -0.2) is 29.4 Å². The summed E-state index contributed by atoms with van der Waals surface area (Å²) in [6.07, 6.45) is 3.51. The van der Waals surface area contributed by atoms with Gasteiger partial charge in [0.2, 0.25) is 0 Å². The predicted molar refractivity (Wildman–Crippen MR) is 35.6 cm³/mol.